The first-order valence-electron chi connectivity index (χ1n) is 6.18. The van der Waals surface area contributed by atoms with Crippen molar-refractivity contribution >= 4 is 17.7 Å². The molecule has 0 saturated carbocycles. The fourth-order valence-electron chi connectivity index (χ4n) is 1.86. The third-order valence-electron chi connectivity index (χ3n) is 2.82. The van der Waals surface area contributed by atoms with Crippen LogP contribution in [0, 0.1) is 17.1 Å². The van der Waals surface area contributed by atoms with Crippen LogP contribution in [0.5, 0.6) is 0 Å². The van der Waals surface area contributed by atoms with Gasteiger partial charge in [0.25, 0.3) is 0 Å². The van der Waals surface area contributed by atoms with Gasteiger partial charge in [-0.05, 0) is 24.6 Å². The minimum absolute atomic E-state index is 0.0579. The summed E-state index contributed by atoms with van der Waals surface area (Å²) in [7, 11) is 0. The molecule has 7 heteroatoms. The predicted octanol–water partition coefficient (Wildman–Crippen LogP) is 2.62. The SMILES string of the molecule is CCc1cnc(SCC(=O)O)n1-c1ccc(F)c(C#N)c1. The highest BCUT2D eigenvalue weighted by molar-refractivity contribution is 7.99. The highest BCUT2D eigenvalue weighted by Gasteiger charge is 2.14. The zero-order valence-electron chi connectivity index (χ0n) is 11.2. The van der Waals surface area contributed by atoms with Gasteiger partial charge in [-0.2, -0.15) is 5.26 Å². The van der Waals surface area contributed by atoms with Gasteiger partial charge in [-0.1, -0.05) is 18.7 Å². The van der Waals surface area contributed by atoms with Crippen molar-refractivity contribution in [2.75, 3.05) is 5.75 Å². The van der Waals surface area contributed by atoms with E-state index in [-0.39, 0.29) is 11.3 Å². The van der Waals surface area contributed by atoms with Gasteiger partial charge in [0.2, 0.25) is 0 Å². The van der Waals surface area contributed by atoms with Crippen LogP contribution in [0.15, 0.2) is 29.6 Å². The summed E-state index contributed by atoms with van der Waals surface area (Å²) < 4.78 is 15.2. The van der Waals surface area contributed by atoms with Crippen LogP contribution < -0.4 is 0 Å². The summed E-state index contributed by atoms with van der Waals surface area (Å²) in [5.41, 5.74) is 1.39. The summed E-state index contributed by atoms with van der Waals surface area (Å²) in [6, 6.07) is 5.99. The quantitative estimate of drug-likeness (QED) is 0.859. The number of hydrogen-bond acceptors (Lipinski definition) is 4. The maximum Gasteiger partial charge on any atom is 0.313 e. The lowest BCUT2D eigenvalue weighted by Crippen LogP contribution is -2.04. The van der Waals surface area contributed by atoms with E-state index in [0.29, 0.717) is 17.3 Å². The Hall–Kier alpha value is -2.33. The van der Waals surface area contributed by atoms with E-state index in [2.05, 4.69) is 4.98 Å². The van der Waals surface area contributed by atoms with Crippen molar-refractivity contribution in [1.82, 2.24) is 9.55 Å². The number of aromatic nitrogens is 2. The largest absolute Gasteiger partial charge is 0.481 e. The normalized spacial score (nSPS) is 10.3. The van der Waals surface area contributed by atoms with E-state index in [0.717, 1.165) is 17.5 Å². The van der Waals surface area contributed by atoms with Crippen LogP contribution >= 0.6 is 11.8 Å². The van der Waals surface area contributed by atoms with Crippen LogP contribution in [0.4, 0.5) is 4.39 Å². The number of nitriles is 1. The molecule has 1 heterocycles. The number of hydrogen-bond donors (Lipinski definition) is 1. The second-order valence-electron chi connectivity index (χ2n) is 4.18. The number of rotatable bonds is 5. The van der Waals surface area contributed by atoms with Crippen molar-refractivity contribution in [2.45, 2.75) is 18.5 Å². The lowest BCUT2D eigenvalue weighted by Gasteiger charge is -2.11. The van der Waals surface area contributed by atoms with E-state index in [1.165, 1.54) is 12.1 Å². The van der Waals surface area contributed by atoms with E-state index in [9.17, 15) is 9.18 Å². The van der Waals surface area contributed by atoms with Crippen molar-refractivity contribution in [3.8, 4) is 11.8 Å². The minimum atomic E-state index is -0.940. The number of carboxylic acid groups (broad SMARTS) is 1. The van der Waals surface area contributed by atoms with Gasteiger partial charge in [-0.15, -0.1) is 0 Å². The highest BCUT2D eigenvalue weighted by Crippen LogP contribution is 2.25. The topological polar surface area (TPSA) is 78.9 Å². The molecule has 0 amide bonds. The standard InChI is InChI=1S/C14H12FN3O2S/c1-2-10-7-17-14(21-8-13(19)20)18(10)11-3-4-12(15)9(5-11)6-16/h3-5,7H,2,8H2,1H3,(H,19,20). The lowest BCUT2D eigenvalue weighted by atomic mass is 10.2. The smallest absolute Gasteiger partial charge is 0.313 e. The molecule has 0 radical (unpaired) electrons. The second kappa shape index (κ2) is 6.41. The molecule has 0 saturated heterocycles. The third kappa shape index (κ3) is 3.23. The van der Waals surface area contributed by atoms with Crippen LogP contribution in [0.3, 0.4) is 0 Å². The summed E-state index contributed by atoms with van der Waals surface area (Å²) in [6.45, 7) is 1.94. The average Bonchev–Trinajstić information content (AvgIpc) is 2.88. The number of carbonyl (C=O) groups is 1. The molecule has 108 valence electrons. The van der Waals surface area contributed by atoms with Gasteiger partial charge < -0.3 is 5.11 Å². The highest BCUT2D eigenvalue weighted by atomic mass is 32.2. The molecule has 0 bridgehead atoms. The molecule has 2 aromatic rings. The van der Waals surface area contributed by atoms with Crippen LogP contribution in [-0.2, 0) is 11.2 Å². The number of carboxylic acids is 1. The Morgan fingerprint density at radius 1 is 1.57 bits per heavy atom. The van der Waals surface area contributed by atoms with E-state index in [1.807, 2.05) is 6.92 Å². The number of aryl methyl sites for hydroxylation is 1. The summed E-state index contributed by atoms with van der Waals surface area (Å²) in [5, 5.41) is 18.2. The van der Waals surface area contributed by atoms with Gasteiger partial charge >= 0.3 is 5.97 Å². The summed E-state index contributed by atoms with van der Waals surface area (Å²) >= 11 is 1.08. The molecule has 0 unspecified atom stereocenters. The fraction of sp³-hybridized carbons (Fsp3) is 0.214. The number of nitrogens with zero attached hydrogens (tertiary/aromatic N) is 3. The second-order valence-corrected chi connectivity index (χ2v) is 5.12. The molecule has 1 aromatic carbocycles. The summed E-state index contributed by atoms with van der Waals surface area (Å²) in [6.07, 6.45) is 2.33. The Balaban J connectivity index is 2.48. The molecule has 0 aliphatic carbocycles. The van der Waals surface area contributed by atoms with Crippen molar-refractivity contribution in [1.29, 1.82) is 5.26 Å². The number of halogens is 1. The Bertz CT molecular complexity index is 721. The summed E-state index contributed by atoms with van der Waals surface area (Å²) in [4.78, 5) is 14.9. The van der Waals surface area contributed by atoms with Crippen LogP contribution in [-0.4, -0.2) is 26.4 Å². The molecule has 5 nitrogen and oxygen atoms in total. The van der Waals surface area contributed by atoms with E-state index >= 15 is 0 Å². The first-order valence-corrected chi connectivity index (χ1v) is 7.16. The molecule has 0 fully saturated rings. The summed E-state index contributed by atoms with van der Waals surface area (Å²) in [5.74, 6) is -1.64. The number of imidazole rings is 1. The van der Waals surface area contributed by atoms with Crippen LogP contribution in [0.1, 0.15) is 18.2 Å². The molecule has 1 N–H and O–H groups in total. The average molecular weight is 305 g/mol. The number of benzene rings is 1. The molecule has 0 spiro atoms. The first kappa shape index (κ1) is 15.1. The molecule has 1 aromatic heterocycles. The zero-order chi connectivity index (χ0) is 15.4. The Morgan fingerprint density at radius 2 is 2.33 bits per heavy atom. The van der Waals surface area contributed by atoms with Gasteiger partial charge in [-0.3, -0.25) is 9.36 Å². The molecular weight excluding hydrogens is 293 g/mol. The maximum atomic E-state index is 13.4. The van der Waals surface area contributed by atoms with Crippen molar-refractivity contribution in [3.63, 3.8) is 0 Å². The van der Waals surface area contributed by atoms with Gasteiger partial charge in [0, 0.05) is 17.6 Å². The van der Waals surface area contributed by atoms with E-state index in [1.54, 1.807) is 22.9 Å². The van der Waals surface area contributed by atoms with Crippen molar-refractivity contribution in [3.05, 3.63) is 41.5 Å². The Labute approximate surface area is 125 Å². The van der Waals surface area contributed by atoms with Gasteiger partial charge in [0.15, 0.2) is 5.16 Å². The number of aliphatic carboxylic acids is 1. The van der Waals surface area contributed by atoms with Gasteiger partial charge in [-0.25, -0.2) is 9.37 Å². The lowest BCUT2D eigenvalue weighted by molar-refractivity contribution is -0.133. The minimum Gasteiger partial charge on any atom is -0.481 e. The molecule has 0 aliphatic heterocycles. The molecule has 0 atom stereocenters. The predicted molar refractivity (Wildman–Crippen MR) is 76.0 cm³/mol. The van der Waals surface area contributed by atoms with Gasteiger partial charge in [0.05, 0.1) is 11.3 Å². The zero-order valence-corrected chi connectivity index (χ0v) is 12.0. The monoisotopic (exact) mass is 305 g/mol. The number of thioether (sulfide) groups is 1. The van der Waals surface area contributed by atoms with Gasteiger partial charge in [0.1, 0.15) is 11.9 Å². The molecule has 21 heavy (non-hydrogen) atoms. The van der Waals surface area contributed by atoms with Crippen LogP contribution in [0.2, 0.25) is 0 Å². The Morgan fingerprint density at radius 3 is 2.95 bits per heavy atom. The van der Waals surface area contributed by atoms with E-state index < -0.39 is 11.8 Å². The van der Waals surface area contributed by atoms with E-state index in [4.69, 9.17) is 10.4 Å². The first-order chi connectivity index (χ1) is 10.1. The van der Waals surface area contributed by atoms with Crippen molar-refractivity contribution < 1.29 is 14.3 Å². The Kier molecular flexibility index (Phi) is 4.60. The molecule has 0 aliphatic rings. The molecular formula is C14H12FN3O2S. The van der Waals surface area contributed by atoms with Crippen molar-refractivity contribution in [2.24, 2.45) is 0 Å². The maximum absolute atomic E-state index is 13.4. The third-order valence-corrected chi connectivity index (χ3v) is 3.76. The molecule has 2 rings (SSSR count). The fourth-order valence-corrected chi connectivity index (χ4v) is 2.59. The van der Waals surface area contributed by atoms with Crippen LogP contribution in [0.25, 0.3) is 5.69 Å².